The Morgan fingerprint density at radius 2 is 1.97 bits per heavy atom. The zero-order chi connectivity index (χ0) is 21.0. The molecule has 8 heteroatoms. The van der Waals surface area contributed by atoms with Gasteiger partial charge in [-0.25, -0.2) is 4.79 Å². The molecule has 0 bridgehead atoms. The minimum Gasteiger partial charge on any atom is -0.383 e. The van der Waals surface area contributed by atoms with E-state index in [2.05, 4.69) is 21.0 Å². The van der Waals surface area contributed by atoms with E-state index in [9.17, 15) is 9.59 Å². The minimum absolute atomic E-state index is 0.0423. The van der Waals surface area contributed by atoms with E-state index in [1.54, 1.807) is 13.2 Å². The first kappa shape index (κ1) is 20.9. The zero-order valence-electron chi connectivity index (χ0n) is 17.5. The number of nitrogens with zero attached hydrogens (tertiary/aromatic N) is 2. The number of aromatic nitrogens is 2. The van der Waals surface area contributed by atoms with Crippen LogP contribution in [0.2, 0.25) is 0 Å². The first-order valence-electron chi connectivity index (χ1n) is 9.87. The highest BCUT2D eigenvalue weighted by Crippen LogP contribution is 2.30. The standard InChI is InChI=1S/C21H29N5O3/c1-13-5-8-17(23-20(27)16-6-7-16)11-19(13)24-21(28)22-12-18-14(2)25-26(15(18)3)9-10-29-4/h5,8,11,16H,6-7,9-10,12H2,1-4H3,(H,23,27)(H2,22,24,28). The lowest BCUT2D eigenvalue weighted by atomic mass is 10.1. The van der Waals surface area contributed by atoms with Crippen molar-refractivity contribution in [3.8, 4) is 0 Å². The van der Waals surface area contributed by atoms with Crippen LogP contribution in [0, 0.1) is 26.7 Å². The van der Waals surface area contributed by atoms with Crippen LogP contribution in [0.3, 0.4) is 0 Å². The molecule has 0 spiro atoms. The topological polar surface area (TPSA) is 97.3 Å². The molecule has 8 nitrogen and oxygen atoms in total. The number of urea groups is 1. The average Bonchev–Trinajstić information content (AvgIpc) is 3.49. The largest absolute Gasteiger partial charge is 0.383 e. The molecular weight excluding hydrogens is 370 g/mol. The van der Waals surface area contributed by atoms with E-state index in [1.165, 1.54) is 0 Å². The van der Waals surface area contributed by atoms with Crippen LogP contribution in [0.15, 0.2) is 18.2 Å². The summed E-state index contributed by atoms with van der Waals surface area (Å²) >= 11 is 0. The van der Waals surface area contributed by atoms with E-state index in [0.29, 0.717) is 31.1 Å². The molecule has 1 aromatic carbocycles. The quantitative estimate of drug-likeness (QED) is 0.635. The molecule has 1 aliphatic rings. The number of benzene rings is 1. The van der Waals surface area contributed by atoms with Crippen molar-refractivity contribution in [3.63, 3.8) is 0 Å². The predicted molar refractivity (Wildman–Crippen MR) is 112 cm³/mol. The van der Waals surface area contributed by atoms with E-state index in [1.807, 2.05) is 37.6 Å². The van der Waals surface area contributed by atoms with Gasteiger partial charge in [-0.3, -0.25) is 9.48 Å². The van der Waals surface area contributed by atoms with Crippen LogP contribution in [0.5, 0.6) is 0 Å². The van der Waals surface area contributed by atoms with E-state index in [-0.39, 0.29) is 17.9 Å². The highest BCUT2D eigenvalue weighted by molar-refractivity contribution is 5.96. The van der Waals surface area contributed by atoms with Crippen molar-refractivity contribution in [2.75, 3.05) is 24.4 Å². The third kappa shape index (κ3) is 5.35. The number of hydrogen-bond acceptors (Lipinski definition) is 4. The highest BCUT2D eigenvalue weighted by Gasteiger charge is 2.29. The molecule has 156 valence electrons. The molecule has 29 heavy (non-hydrogen) atoms. The number of methoxy groups -OCH3 is 1. The lowest BCUT2D eigenvalue weighted by molar-refractivity contribution is -0.117. The Kier molecular flexibility index (Phi) is 6.53. The maximum Gasteiger partial charge on any atom is 0.319 e. The summed E-state index contributed by atoms with van der Waals surface area (Å²) in [6, 6.07) is 5.21. The second-order valence-corrected chi connectivity index (χ2v) is 7.47. The second kappa shape index (κ2) is 9.09. The number of aryl methyl sites for hydroxylation is 2. The van der Waals surface area contributed by atoms with Crippen molar-refractivity contribution in [2.24, 2.45) is 5.92 Å². The Balaban J connectivity index is 1.59. The molecule has 1 saturated carbocycles. The van der Waals surface area contributed by atoms with Crippen LogP contribution in [0.4, 0.5) is 16.2 Å². The van der Waals surface area contributed by atoms with Crippen molar-refractivity contribution >= 4 is 23.3 Å². The van der Waals surface area contributed by atoms with Gasteiger partial charge in [0.1, 0.15) is 0 Å². The van der Waals surface area contributed by atoms with Crippen molar-refractivity contribution in [3.05, 3.63) is 40.7 Å². The molecule has 1 heterocycles. The van der Waals surface area contributed by atoms with Crippen LogP contribution in [0.1, 0.15) is 35.4 Å². The third-order valence-electron chi connectivity index (χ3n) is 5.17. The van der Waals surface area contributed by atoms with E-state index >= 15 is 0 Å². The van der Waals surface area contributed by atoms with Crippen LogP contribution in [0.25, 0.3) is 0 Å². The van der Waals surface area contributed by atoms with E-state index in [4.69, 9.17) is 4.74 Å². The lowest BCUT2D eigenvalue weighted by Crippen LogP contribution is -2.29. The number of carbonyl (C=O) groups excluding carboxylic acids is 2. The Morgan fingerprint density at radius 1 is 1.21 bits per heavy atom. The summed E-state index contributed by atoms with van der Waals surface area (Å²) in [5, 5.41) is 13.2. The van der Waals surface area contributed by atoms with Gasteiger partial charge in [-0.1, -0.05) is 6.07 Å². The maximum atomic E-state index is 12.4. The van der Waals surface area contributed by atoms with Gasteiger partial charge in [-0.05, 0) is 51.3 Å². The Morgan fingerprint density at radius 3 is 2.66 bits per heavy atom. The Bertz CT molecular complexity index is 902. The fourth-order valence-corrected chi connectivity index (χ4v) is 3.14. The maximum absolute atomic E-state index is 12.4. The minimum atomic E-state index is -0.304. The summed E-state index contributed by atoms with van der Waals surface area (Å²) in [5.74, 6) is 0.174. The number of carbonyl (C=O) groups is 2. The number of amides is 3. The van der Waals surface area contributed by atoms with Crippen LogP contribution in [-0.2, 0) is 22.6 Å². The third-order valence-corrected chi connectivity index (χ3v) is 5.17. The van der Waals surface area contributed by atoms with E-state index in [0.717, 1.165) is 35.4 Å². The smallest absolute Gasteiger partial charge is 0.319 e. The number of nitrogens with one attached hydrogen (secondary N) is 3. The number of anilines is 2. The SMILES string of the molecule is COCCn1nc(C)c(CNC(=O)Nc2cc(NC(=O)C3CC3)ccc2C)c1C. The molecule has 0 aliphatic heterocycles. The van der Waals surface area contributed by atoms with E-state index < -0.39 is 0 Å². The molecule has 3 amide bonds. The lowest BCUT2D eigenvalue weighted by Gasteiger charge is -2.13. The summed E-state index contributed by atoms with van der Waals surface area (Å²) < 4.78 is 7.00. The molecule has 1 aliphatic carbocycles. The van der Waals surface area contributed by atoms with Gasteiger partial charge in [0.05, 0.1) is 18.8 Å². The summed E-state index contributed by atoms with van der Waals surface area (Å²) in [7, 11) is 1.66. The molecule has 0 saturated heterocycles. The zero-order valence-corrected chi connectivity index (χ0v) is 17.5. The summed E-state index contributed by atoms with van der Waals surface area (Å²) in [5.41, 5.74) is 5.18. The van der Waals surface area contributed by atoms with Crippen molar-refractivity contribution in [2.45, 2.75) is 46.7 Å². The molecule has 3 N–H and O–H groups in total. The first-order valence-corrected chi connectivity index (χ1v) is 9.87. The molecule has 0 atom stereocenters. The Hall–Kier alpha value is -2.87. The van der Waals surface area contributed by atoms with Gasteiger partial charge in [0.2, 0.25) is 5.91 Å². The molecule has 3 rings (SSSR count). The average molecular weight is 399 g/mol. The van der Waals surface area contributed by atoms with Crippen LogP contribution < -0.4 is 16.0 Å². The van der Waals surface area contributed by atoms with Gasteiger partial charge >= 0.3 is 6.03 Å². The van der Waals surface area contributed by atoms with Crippen molar-refractivity contribution in [1.29, 1.82) is 0 Å². The van der Waals surface area contributed by atoms with Gasteiger partial charge in [0.15, 0.2) is 0 Å². The van der Waals surface area contributed by atoms with Gasteiger partial charge in [-0.15, -0.1) is 0 Å². The monoisotopic (exact) mass is 399 g/mol. The Labute approximate surface area is 171 Å². The van der Waals surface area contributed by atoms with Crippen LogP contribution in [-0.4, -0.2) is 35.4 Å². The number of rotatable bonds is 8. The van der Waals surface area contributed by atoms with Gasteiger partial charge in [0, 0.05) is 42.2 Å². The van der Waals surface area contributed by atoms with Gasteiger partial charge in [-0.2, -0.15) is 5.10 Å². The van der Waals surface area contributed by atoms with Gasteiger partial charge < -0.3 is 20.7 Å². The first-order chi connectivity index (χ1) is 13.9. The summed E-state index contributed by atoms with van der Waals surface area (Å²) in [6.07, 6.45) is 1.90. The highest BCUT2D eigenvalue weighted by atomic mass is 16.5. The number of ether oxygens (including phenoxy) is 1. The second-order valence-electron chi connectivity index (χ2n) is 7.47. The summed E-state index contributed by atoms with van der Waals surface area (Å²) in [4.78, 5) is 24.4. The predicted octanol–water partition coefficient (Wildman–Crippen LogP) is 3.12. The van der Waals surface area contributed by atoms with Crippen molar-refractivity contribution in [1.82, 2.24) is 15.1 Å². The fraction of sp³-hybridized carbons (Fsp3) is 0.476. The van der Waals surface area contributed by atoms with Gasteiger partial charge in [0.25, 0.3) is 0 Å². The fourth-order valence-electron chi connectivity index (χ4n) is 3.14. The molecule has 0 unspecified atom stereocenters. The van der Waals surface area contributed by atoms with Crippen molar-refractivity contribution < 1.29 is 14.3 Å². The summed E-state index contributed by atoms with van der Waals surface area (Å²) in [6.45, 7) is 7.47. The molecule has 1 fully saturated rings. The molecule has 0 radical (unpaired) electrons. The molecular formula is C21H29N5O3. The van der Waals surface area contributed by atoms with Crippen LogP contribution >= 0.6 is 0 Å². The number of hydrogen-bond donors (Lipinski definition) is 3. The normalized spacial score (nSPS) is 13.2. The molecule has 2 aromatic rings. The molecule has 1 aromatic heterocycles.